The summed E-state index contributed by atoms with van der Waals surface area (Å²) in [6.07, 6.45) is 9.14. The van der Waals surface area contributed by atoms with Crippen LogP contribution in [-0.2, 0) is 13.6 Å². The number of amides is 1. The molecular formula is C19H21N5O2. The molecule has 0 unspecified atom stereocenters. The predicted octanol–water partition coefficient (Wildman–Crippen LogP) is 1.68. The summed E-state index contributed by atoms with van der Waals surface area (Å²) in [4.78, 5) is 35.3. The van der Waals surface area contributed by atoms with Gasteiger partial charge in [0.05, 0.1) is 23.6 Å². The van der Waals surface area contributed by atoms with E-state index in [0.717, 1.165) is 32.5 Å². The first-order valence-corrected chi connectivity index (χ1v) is 8.82. The Morgan fingerprint density at radius 3 is 3.00 bits per heavy atom. The van der Waals surface area contributed by atoms with E-state index in [1.807, 2.05) is 17.4 Å². The first-order valence-electron chi connectivity index (χ1n) is 8.82. The van der Waals surface area contributed by atoms with Crippen LogP contribution in [0.2, 0.25) is 0 Å². The monoisotopic (exact) mass is 351 g/mol. The SMILES string of the molecule is Cn1cnc2cc(C(=O)N3CCC[C@H](Cn4ccnc4)C3)ccc2c1=O. The Morgan fingerprint density at radius 2 is 2.19 bits per heavy atom. The molecule has 7 heteroatoms. The van der Waals surface area contributed by atoms with Gasteiger partial charge in [-0.15, -0.1) is 0 Å². The van der Waals surface area contributed by atoms with Crippen LogP contribution in [0.5, 0.6) is 0 Å². The van der Waals surface area contributed by atoms with Crippen molar-refractivity contribution in [1.82, 2.24) is 24.0 Å². The molecule has 1 aromatic carbocycles. The van der Waals surface area contributed by atoms with Crippen molar-refractivity contribution in [3.8, 4) is 0 Å². The van der Waals surface area contributed by atoms with Crippen LogP contribution in [0.1, 0.15) is 23.2 Å². The van der Waals surface area contributed by atoms with Gasteiger partial charge in [0, 0.05) is 44.6 Å². The molecule has 1 saturated heterocycles. The van der Waals surface area contributed by atoms with Gasteiger partial charge < -0.3 is 14.0 Å². The number of aromatic nitrogens is 4. The lowest BCUT2D eigenvalue weighted by Gasteiger charge is -2.33. The van der Waals surface area contributed by atoms with Crippen LogP contribution in [0, 0.1) is 5.92 Å². The molecule has 3 heterocycles. The molecular weight excluding hydrogens is 330 g/mol. The topological polar surface area (TPSA) is 73.0 Å². The Balaban J connectivity index is 1.54. The van der Waals surface area contributed by atoms with E-state index in [0.29, 0.717) is 22.4 Å². The van der Waals surface area contributed by atoms with Crippen molar-refractivity contribution in [1.29, 1.82) is 0 Å². The summed E-state index contributed by atoms with van der Waals surface area (Å²) in [7, 11) is 1.67. The van der Waals surface area contributed by atoms with Crippen LogP contribution in [0.25, 0.3) is 10.9 Å². The third kappa shape index (κ3) is 3.12. The molecule has 4 rings (SSSR count). The van der Waals surface area contributed by atoms with Gasteiger partial charge in [0.1, 0.15) is 0 Å². The zero-order valence-electron chi connectivity index (χ0n) is 14.7. The number of carbonyl (C=O) groups excluding carboxylic acids is 1. The number of fused-ring (bicyclic) bond motifs is 1. The summed E-state index contributed by atoms with van der Waals surface area (Å²) in [5.41, 5.74) is 1.04. The molecule has 0 spiro atoms. The van der Waals surface area contributed by atoms with Crippen molar-refractivity contribution >= 4 is 16.8 Å². The number of imidazole rings is 1. The van der Waals surface area contributed by atoms with E-state index in [1.165, 1.54) is 10.9 Å². The summed E-state index contributed by atoms with van der Waals surface area (Å²) in [5, 5.41) is 0.531. The van der Waals surface area contributed by atoms with Crippen LogP contribution >= 0.6 is 0 Å². The highest BCUT2D eigenvalue weighted by molar-refractivity contribution is 5.97. The second kappa shape index (κ2) is 6.74. The number of rotatable bonds is 3. The second-order valence-electron chi connectivity index (χ2n) is 6.91. The predicted molar refractivity (Wildman–Crippen MR) is 97.8 cm³/mol. The van der Waals surface area contributed by atoms with Gasteiger partial charge in [0.25, 0.3) is 11.5 Å². The molecule has 3 aromatic rings. The molecule has 0 bridgehead atoms. The first-order chi connectivity index (χ1) is 12.6. The molecule has 0 N–H and O–H groups in total. The van der Waals surface area contributed by atoms with Gasteiger partial charge in [0.15, 0.2) is 0 Å². The normalized spacial score (nSPS) is 17.6. The summed E-state index contributed by atoms with van der Waals surface area (Å²) < 4.78 is 3.50. The van der Waals surface area contributed by atoms with Gasteiger partial charge >= 0.3 is 0 Å². The van der Waals surface area contributed by atoms with E-state index in [9.17, 15) is 9.59 Å². The van der Waals surface area contributed by atoms with Crippen LogP contribution in [0.15, 0.2) is 48.0 Å². The third-order valence-corrected chi connectivity index (χ3v) is 5.00. The molecule has 134 valence electrons. The minimum atomic E-state index is -0.104. The number of carbonyl (C=O) groups is 1. The zero-order valence-corrected chi connectivity index (χ0v) is 14.7. The molecule has 0 saturated carbocycles. The summed E-state index contributed by atoms with van der Waals surface area (Å²) >= 11 is 0. The average molecular weight is 351 g/mol. The van der Waals surface area contributed by atoms with Crippen molar-refractivity contribution < 1.29 is 4.79 Å². The fraction of sp³-hybridized carbons (Fsp3) is 0.368. The molecule has 26 heavy (non-hydrogen) atoms. The van der Waals surface area contributed by atoms with E-state index in [4.69, 9.17) is 0 Å². The Morgan fingerprint density at radius 1 is 1.31 bits per heavy atom. The fourth-order valence-electron chi connectivity index (χ4n) is 3.62. The Bertz CT molecular complexity index is 993. The van der Waals surface area contributed by atoms with E-state index < -0.39 is 0 Å². The molecule has 0 radical (unpaired) electrons. The number of hydrogen-bond acceptors (Lipinski definition) is 4. The third-order valence-electron chi connectivity index (χ3n) is 5.00. The quantitative estimate of drug-likeness (QED) is 0.720. The Hall–Kier alpha value is -2.96. The summed E-state index contributed by atoms with van der Waals surface area (Å²) in [5.74, 6) is 0.428. The lowest BCUT2D eigenvalue weighted by Crippen LogP contribution is -2.41. The summed E-state index contributed by atoms with van der Waals surface area (Å²) in [6.45, 7) is 2.37. The van der Waals surface area contributed by atoms with Gasteiger partial charge in [0.2, 0.25) is 0 Å². The van der Waals surface area contributed by atoms with Crippen molar-refractivity contribution in [2.45, 2.75) is 19.4 Å². The molecule has 0 aliphatic carbocycles. The first kappa shape index (κ1) is 16.5. The van der Waals surface area contributed by atoms with E-state index >= 15 is 0 Å². The van der Waals surface area contributed by atoms with Crippen molar-refractivity contribution in [3.05, 3.63) is 59.2 Å². The van der Waals surface area contributed by atoms with Gasteiger partial charge in [-0.1, -0.05) is 0 Å². The zero-order chi connectivity index (χ0) is 18.1. The van der Waals surface area contributed by atoms with Crippen LogP contribution in [0.3, 0.4) is 0 Å². The maximum absolute atomic E-state index is 12.9. The van der Waals surface area contributed by atoms with Gasteiger partial charge in [-0.3, -0.25) is 9.59 Å². The number of benzene rings is 1. The molecule has 1 amide bonds. The molecule has 1 fully saturated rings. The Kier molecular flexibility index (Phi) is 4.28. The largest absolute Gasteiger partial charge is 0.338 e. The highest BCUT2D eigenvalue weighted by Crippen LogP contribution is 2.21. The minimum absolute atomic E-state index is 0.00436. The van der Waals surface area contributed by atoms with Gasteiger partial charge in [-0.05, 0) is 37.0 Å². The highest BCUT2D eigenvalue weighted by atomic mass is 16.2. The van der Waals surface area contributed by atoms with Gasteiger partial charge in [-0.25, -0.2) is 9.97 Å². The minimum Gasteiger partial charge on any atom is -0.338 e. The molecule has 1 atom stereocenters. The van der Waals surface area contributed by atoms with E-state index in [2.05, 4.69) is 14.5 Å². The molecule has 7 nitrogen and oxygen atoms in total. The lowest BCUT2D eigenvalue weighted by molar-refractivity contribution is 0.0662. The second-order valence-corrected chi connectivity index (χ2v) is 6.91. The maximum atomic E-state index is 12.9. The number of hydrogen-bond donors (Lipinski definition) is 0. The molecule has 1 aliphatic rings. The number of likely N-dealkylation sites (tertiary alicyclic amines) is 1. The number of aryl methyl sites for hydroxylation is 1. The van der Waals surface area contributed by atoms with Crippen LogP contribution < -0.4 is 5.56 Å². The Labute approximate surface area is 150 Å². The standard InChI is InChI=1S/C19H21N5O2/c1-22-13-21-17-9-15(4-5-16(17)19(22)26)18(25)24-7-2-3-14(11-24)10-23-8-6-20-12-23/h4-6,8-9,12-14H,2-3,7,10-11H2,1H3/t14-/m1/s1. The van der Waals surface area contributed by atoms with E-state index in [1.54, 1.807) is 31.4 Å². The molecule has 1 aliphatic heterocycles. The van der Waals surface area contributed by atoms with Crippen LogP contribution in [-0.4, -0.2) is 43.0 Å². The van der Waals surface area contributed by atoms with Gasteiger partial charge in [-0.2, -0.15) is 0 Å². The number of nitrogens with zero attached hydrogens (tertiary/aromatic N) is 5. The van der Waals surface area contributed by atoms with Crippen molar-refractivity contribution in [2.24, 2.45) is 13.0 Å². The van der Waals surface area contributed by atoms with Crippen molar-refractivity contribution in [2.75, 3.05) is 13.1 Å². The maximum Gasteiger partial charge on any atom is 0.260 e. The van der Waals surface area contributed by atoms with Crippen molar-refractivity contribution in [3.63, 3.8) is 0 Å². The van der Waals surface area contributed by atoms with E-state index in [-0.39, 0.29) is 11.5 Å². The van der Waals surface area contributed by atoms with Crippen LogP contribution in [0.4, 0.5) is 0 Å². The smallest absolute Gasteiger partial charge is 0.260 e. The number of piperidine rings is 1. The highest BCUT2D eigenvalue weighted by Gasteiger charge is 2.25. The average Bonchev–Trinajstić information content (AvgIpc) is 3.17. The fourth-order valence-corrected chi connectivity index (χ4v) is 3.62. The lowest BCUT2D eigenvalue weighted by atomic mass is 9.97. The molecule has 2 aromatic heterocycles. The summed E-state index contributed by atoms with van der Waals surface area (Å²) in [6, 6.07) is 5.15.